The minimum Gasteiger partial charge on any atom is -0.304 e. The highest BCUT2D eigenvalue weighted by molar-refractivity contribution is 6.31. The van der Waals surface area contributed by atoms with Gasteiger partial charge in [0.15, 0.2) is 0 Å². The van der Waals surface area contributed by atoms with E-state index in [0.29, 0.717) is 17.1 Å². The largest absolute Gasteiger partial charge is 0.304 e. The molecule has 0 saturated carbocycles. The third kappa shape index (κ3) is 3.35. The van der Waals surface area contributed by atoms with Gasteiger partial charge in [0.2, 0.25) is 0 Å². The summed E-state index contributed by atoms with van der Waals surface area (Å²) in [5, 5.41) is 0.315. The summed E-state index contributed by atoms with van der Waals surface area (Å²) >= 11 is 6.10. The molecule has 0 bridgehead atoms. The van der Waals surface area contributed by atoms with Crippen LogP contribution in [0.15, 0.2) is 65.5 Å². The van der Waals surface area contributed by atoms with Gasteiger partial charge in [-0.3, -0.25) is 4.79 Å². The molecule has 0 unspecified atom stereocenters. The van der Waals surface area contributed by atoms with Crippen molar-refractivity contribution in [2.24, 2.45) is 0 Å². The number of nitrogens with zero attached hydrogens (tertiary/aromatic N) is 1. The Labute approximate surface area is 138 Å². The van der Waals surface area contributed by atoms with Crippen LogP contribution in [0.5, 0.6) is 0 Å². The SMILES string of the molecule is Cc1ccc(-c2cccc(=O)n2Cc2ccc(F)cc2Cl)cc1. The van der Waals surface area contributed by atoms with Crippen molar-refractivity contribution >= 4 is 11.6 Å². The molecule has 0 fully saturated rings. The summed E-state index contributed by atoms with van der Waals surface area (Å²) in [5.41, 5.74) is 3.49. The average Bonchev–Trinajstić information content (AvgIpc) is 2.52. The van der Waals surface area contributed by atoms with Crippen molar-refractivity contribution in [3.05, 3.63) is 93.0 Å². The summed E-state index contributed by atoms with van der Waals surface area (Å²) in [4.78, 5) is 12.3. The molecule has 116 valence electrons. The zero-order chi connectivity index (χ0) is 16.4. The molecule has 23 heavy (non-hydrogen) atoms. The second-order valence-corrected chi connectivity index (χ2v) is 5.84. The van der Waals surface area contributed by atoms with Crippen molar-refractivity contribution in [1.29, 1.82) is 0 Å². The standard InChI is InChI=1S/C19H15ClFNO/c1-13-5-7-14(8-6-13)18-3-2-4-19(23)22(18)12-15-9-10-16(21)11-17(15)20/h2-11H,12H2,1H3. The van der Waals surface area contributed by atoms with Gasteiger partial charge in [-0.2, -0.15) is 0 Å². The maximum absolute atomic E-state index is 13.2. The molecule has 3 rings (SSSR count). The summed E-state index contributed by atoms with van der Waals surface area (Å²) in [7, 11) is 0. The average molecular weight is 328 g/mol. The molecule has 4 heteroatoms. The van der Waals surface area contributed by atoms with Crippen LogP contribution < -0.4 is 5.56 Å². The Bertz CT molecular complexity index is 900. The quantitative estimate of drug-likeness (QED) is 0.685. The molecule has 2 nitrogen and oxygen atoms in total. The first-order chi connectivity index (χ1) is 11.0. The maximum Gasteiger partial charge on any atom is 0.251 e. The highest BCUT2D eigenvalue weighted by Crippen LogP contribution is 2.22. The summed E-state index contributed by atoms with van der Waals surface area (Å²) in [6.07, 6.45) is 0. The monoisotopic (exact) mass is 327 g/mol. The minimum atomic E-state index is -0.391. The molecule has 1 heterocycles. The van der Waals surface area contributed by atoms with Crippen LogP contribution in [0.1, 0.15) is 11.1 Å². The lowest BCUT2D eigenvalue weighted by Crippen LogP contribution is -2.21. The summed E-state index contributed by atoms with van der Waals surface area (Å²) < 4.78 is 14.8. The molecule has 0 saturated heterocycles. The predicted molar refractivity (Wildman–Crippen MR) is 91.4 cm³/mol. The Kier molecular flexibility index (Phi) is 4.30. The molecule has 0 amide bonds. The Morgan fingerprint density at radius 2 is 1.78 bits per heavy atom. The fourth-order valence-electron chi connectivity index (χ4n) is 2.48. The fraction of sp³-hybridized carbons (Fsp3) is 0.105. The summed E-state index contributed by atoms with van der Waals surface area (Å²) in [6, 6.07) is 17.3. The molecule has 3 aromatic rings. The number of pyridine rings is 1. The predicted octanol–water partition coefficient (Wildman–Crippen LogP) is 4.66. The van der Waals surface area contributed by atoms with E-state index in [4.69, 9.17) is 11.6 Å². The van der Waals surface area contributed by atoms with Crippen LogP contribution >= 0.6 is 11.6 Å². The molecular formula is C19H15ClFNO. The molecule has 0 atom stereocenters. The van der Waals surface area contributed by atoms with Crippen molar-refractivity contribution in [2.45, 2.75) is 13.5 Å². The molecule has 0 radical (unpaired) electrons. The van der Waals surface area contributed by atoms with Gasteiger partial charge in [-0.1, -0.05) is 53.6 Å². The Morgan fingerprint density at radius 3 is 2.48 bits per heavy atom. The molecular weight excluding hydrogens is 313 g/mol. The molecule has 0 spiro atoms. The van der Waals surface area contributed by atoms with E-state index < -0.39 is 5.82 Å². The highest BCUT2D eigenvalue weighted by atomic mass is 35.5. The van der Waals surface area contributed by atoms with Gasteiger partial charge in [-0.25, -0.2) is 4.39 Å². The Balaban J connectivity index is 2.08. The number of halogens is 2. The van der Waals surface area contributed by atoms with Crippen LogP contribution in [0.2, 0.25) is 5.02 Å². The lowest BCUT2D eigenvalue weighted by Gasteiger charge is -2.14. The lowest BCUT2D eigenvalue weighted by atomic mass is 10.1. The number of hydrogen-bond acceptors (Lipinski definition) is 1. The van der Waals surface area contributed by atoms with Crippen molar-refractivity contribution < 1.29 is 4.39 Å². The third-order valence-corrected chi connectivity index (χ3v) is 4.09. The number of benzene rings is 2. The van der Waals surface area contributed by atoms with Gasteiger partial charge in [0.1, 0.15) is 5.82 Å². The Hall–Kier alpha value is -2.39. The maximum atomic E-state index is 13.2. The van der Waals surface area contributed by atoms with E-state index in [1.165, 1.54) is 18.2 Å². The van der Waals surface area contributed by atoms with E-state index >= 15 is 0 Å². The first kappa shape index (κ1) is 15.5. The van der Waals surface area contributed by atoms with Gasteiger partial charge in [0.05, 0.1) is 12.2 Å². The van der Waals surface area contributed by atoms with Crippen LogP contribution in [0, 0.1) is 12.7 Å². The van der Waals surface area contributed by atoms with E-state index in [1.54, 1.807) is 16.7 Å². The van der Waals surface area contributed by atoms with Gasteiger partial charge in [-0.05, 0) is 36.2 Å². The fourth-order valence-corrected chi connectivity index (χ4v) is 2.71. The second-order valence-electron chi connectivity index (χ2n) is 5.44. The molecule has 0 N–H and O–H groups in total. The first-order valence-electron chi connectivity index (χ1n) is 7.25. The van der Waals surface area contributed by atoms with Crippen molar-refractivity contribution in [3.63, 3.8) is 0 Å². The third-order valence-electron chi connectivity index (χ3n) is 3.74. The Morgan fingerprint density at radius 1 is 1.04 bits per heavy atom. The van der Waals surface area contributed by atoms with Crippen LogP contribution in [0.3, 0.4) is 0 Å². The van der Waals surface area contributed by atoms with Crippen molar-refractivity contribution in [1.82, 2.24) is 4.57 Å². The van der Waals surface area contributed by atoms with Crippen molar-refractivity contribution in [2.75, 3.05) is 0 Å². The normalized spacial score (nSPS) is 10.7. The first-order valence-corrected chi connectivity index (χ1v) is 7.63. The van der Waals surface area contributed by atoms with Gasteiger partial charge < -0.3 is 4.57 Å². The van der Waals surface area contributed by atoms with Crippen LogP contribution in [-0.2, 0) is 6.54 Å². The van der Waals surface area contributed by atoms with Crippen molar-refractivity contribution in [3.8, 4) is 11.3 Å². The minimum absolute atomic E-state index is 0.122. The molecule has 1 aromatic heterocycles. The van der Waals surface area contributed by atoms with Gasteiger partial charge in [0, 0.05) is 11.1 Å². The van der Waals surface area contributed by atoms with Crippen LogP contribution in [0.4, 0.5) is 4.39 Å². The number of aromatic nitrogens is 1. The zero-order valence-corrected chi connectivity index (χ0v) is 13.3. The van der Waals surface area contributed by atoms with E-state index in [9.17, 15) is 9.18 Å². The molecule has 0 aliphatic carbocycles. The molecule has 0 aliphatic rings. The number of rotatable bonds is 3. The van der Waals surface area contributed by atoms with Gasteiger partial charge in [-0.15, -0.1) is 0 Å². The van der Waals surface area contributed by atoms with Gasteiger partial charge in [0.25, 0.3) is 5.56 Å². The number of hydrogen-bond donors (Lipinski definition) is 0. The zero-order valence-electron chi connectivity index (χ0n) is 12.6. The van der Waals surface area contributed by atoms with Crippen LogP contribution in [0.25, 0.3) is 11.3 Å². The second kappa shape index (κ2) is 6.39. The highest BCUT2D eigenvalue weighted by Gasteiger charge is 2.09. The van der Waals surface area contributed by atoms with E-state index in [-0.39, 0.29) is 5.56 Å². The van der Waals surface area contributed by atoms with E-state index in [0.717, 1.165) is 16.8 Å². The van der Waals surface area contributed by atoms with E-state index in [2.05, 4.69) is 0 Å². The smallest absolute Gasteiger partial charge is 0.251 e. The van der Waals surface area contributed by atoms with Crippen LogP contribution in [-0.4, -0.2) is 4.57 Å². The molecule has 0 aliphatic heterocycles. The van der Waals surface area contributed by atoms with E-state index in [1.807, 2.05) is 37.3 Å². The summed E-state index contributed by atoms with van der Waals surface area (Å²) in [5.74, 6) is -0.391. The topological polar surface area (TPSA) is 22.0 Å². The van der Waals surface area contributed by atoms with Gasteiger partial charge >= 0.3 is 0 Å². The lowest BCUT2D eigenvalue weighted by molar-refractivity contribution is 0.626. The molecule has 2 aromatic carbocycles. The number of aryl methyl sites for hydroxylation is 1. The summed E-state index contributed by atoms with van der Waals surface area (Å²) in [6.45, 7) is 2.31.